The third-order valence-electron chi connectivity index (χ3n) is 3.41. The quantitative estimate of drug-likeness (QED) is 0.595. The predicted octanol–water partition coefficient (Wildman–Crippen LogP) is 2.11. The van der Waals surface area contributed by atoms with Crippen LogP contribution >= 0.6 is 11.6 Å². The highest BCUT2D eigenvalue weighted by atomic mass is 35.5. The van der Waals surface area contributed by atoms with Gasteiger partial charge in [-0.1, -0.05) is 11.6 Å². The fourth-order valence-corrected chi connectivity index (χ4v) is 2.43. The fourth-order valence-electron chi connectivity index (χ4n) is 2.10. The lowest BCUT2D eigenvalue weighted by molar-refractivity contribution is -0.149. The van der Waals surface area contributed by atoms with Crippen LogP contribution < -0.4 is 11.1 Å². The average Bonchev–Trinajstić information content (AvgIpc) is 2.87. The van der Waals surface area contributed by atoms with E-state index in [0.29, 0.717) is 16.9 Å². The first-order valence-corrected chi connectivity index (χ1v) is 8.07. The number of urea groups is 1. The summed E-state index contributed by atoms with van der Waals surface area (Å²) in [5, 5.41) is 6.27. The summed E-state index contributed by atoms with van der Waals surface area (Å²) >= 11 is 6.29. The number of aromatic nitrogens is 2. The van der Waals surface area contributed by atoms with E-state index in [-0.39, 0.29) is 5.15 Å². The summed E-state index contributed by atoms with van der Waals surface area (Å²) < 4.78 is 19.3. The number of nitrogens with two attached hydrogens (primary N) is 1. The van der Waals surface area contributed by atoms with Crippen LogP contribution in [0.4, 0.5) is 9.18 Å². The van der Waals surface area contributed by atoms with Gasteiger partial charge in [-0.05, 0) is 44.2 Å². The SMILES string of the molecule is Cc1nn(-c2ccc(F)cc2)c(Cl)c1/C=C/C(=O)O[C@H](C)C(=O)NC(N)=O. The van der Waals surface area contributed by atoms with E-state index in [1.165, 1.54) is 41.9 Å². The number of halogens is 2. The number of carbonyl (C=O) groups excluding carboxylic acids is 3. The second kappa shape index (κ2) is 8.45. The highest BCUT2D eigenvalue weighted by Gasteiger charge is 2.18. The van der Waals surface area contributed by atoms with E-state index in [2.05, 4.69) is 5.10 Å². The van der Waals surface area contributed by atoms with E-state index >= 15 is 0 Å². The molecule has 0 bridgehead atoms. The van der Waals surface area contributed by atoms with Crippen LogP contribution in [0.3, 0.4) is 0 Å². The summed E-state index contributed by atoms with van der Waals surface area (Å²) in [6, 6.07) is 4.51. The molecule has 0 aliphatic heterocycles. The Balaban J connectivity index is 2.13. The van der Waals surface area contributed by atoms with Gasteiger partial charge in [-0.2, -0.15) is 5.10 Å². The number of nitrogens with zero attached hydrogens (tertiary/aromatic N) is 2. The predicted molar refractivity (Wildman–Crippen MR) is 95.6 cm³/mol. The van der Waals surface area contributed by atoms with Gasteiger partial charge in [0.2, 0.25) is 0 Å². The topological polar surface area (TPSA) is 116 Å². The Morgan fingerprint density at radius 3 is 2.56 bits per heavy atom. The summed E-state index contributed by atoms with van der Waals surface area (Å²) in [7, 11) is 0. The van der Waals surface area contributed by atoms with E-state index in [1.807, 2.05) is 0 Å². The molecule has 0 saturated carbocycles. The molecule has 1 aromatic heterocycles. The number of aryl methyl sites for hydroxylation is 1. The van der Waals surface area contributed by atoms with Gasteiger partial charge in [0.05, 0.1) is 11.4 Å². The second-order valence-electron chi connectivity index (χ2n) is 5.44. The Labute approximate surface area is 158 Å². The Bertz CT molecular complexity index is 908. The minimum atomic E-state index is -1.21. The van der Waals surface area contributed by atoms with Gasteiger partial charge in [-0.3, -0.25) is 10.1 Å². The van der Waals surface area contributed by atoms with Gasteiger partial charge in [-0.25, -0.2) is 18.7 Å². The van der Waals surface area contributed by atoms with Crippen molar-refractivity contribution in [3.8, 4) is 5.69 Å². The number of benzene rings is 1. The zero-order chi connectivity index (χ0) is 20.1. The largest absolute Gasteiger partial charge is 0.449 e. The molecule has 0 saturated heterocycles. The Morgan fingerprint density at radius 1 is 1.33 bits per heavy atom. The Kier molecular flexibility index (Phi) is 6.30. The van der Waals surface area contributed by atoms with E-state index in [9.17, 15) is 18.8 Å². The van der Waals surface area contributed by atoms with Gasteiger partial charge in [0.15, 0.2) is 6.10 Å². The van der Waals surface area contributed by atoms with Crippen LogP contribution in [0.15, 0.2) is 30.3 Å². The van der Waals surface area contributed by atoms with Crippen molar-refractivity contribution in [2.45, 2.75) is 20.0 Å². The fraction of sp³-hybridized carbons (Fsp3) is 0.176. The number of ether oxygens (including phenoxy) is 1. The number of primary amides is 1. The number of esters is 1. The number of imide groups is 1. The number of carbonyl (C=O) groups is 3. The monoisotopic (exact) mass is 394 g/mol. The standard InChI is InChI=1S/C17H16ClFN4O4/c1-9-13(7-8-14(24)27-10(2)16(25)21-17(20)26)15(18)23(22-9)12-5-3-11(19)4-6-12/h3-8,10H,1-2H3,(H3,20,21,25,26)/b8-7+/t10-/m1/s1. The molecule has 0 spiro atoms. The molecule has 142 valence electrons. The van der Waals surface area contributed by atoms with Gasteiger partial charge in [-0.15, -0.1) is 0 Å². The molecule has 3 amide bonds. The normalized spacial score (nSPS) is 12.0. The Hall–Kier alpha value is -3.20. The van der Waals surface area contributed by atoms with Crippen molar-refractivity contribution >= 4 is 35.6 Å². The number of hydrogen-bond donors (Lipinski definition) is 2. The first-order valence-electron chi connectivity index (χ1n) is 7.69. The number of hydrogen-bond acceptors (Lipinski definition) is 5. The molecule has 0 fully saturated rings. The van der Waals surface area contributed by atoms with E-state index in [0.717, 1.165) is 6.08 Å². The van der Waals surface area contributed by atoms with Crippen LogP contribution in [0, 0.1) is 12.7 Å². The third kappa shape index (κ3) is 5.14. The minimum absolute atomic E-state index is 0.211. The van der Waals surface area contributed by atoms with Crippen molar-refractivity contribution in [1.29, 1.82) is 0 Å². The molecule has 2 aromatic rings. The van der Waals surface area contributed by atoms with Crippen LogP contribution in [-0.2, 0) is 14.3 Å². The van der Waals surface area contributed by atoms with E-state index < -0.39 is 29.8 Å². The molecular formula is C17H16ClFN4O4. The van der Waals surface area contributed by atoms with Crippen LogP contribution in [-0.4, -0.2) is 33.8 Å². The van der Waals surface area contributed by atoms with E-state index in [4.69, 9.17) is 22.1 Å². The first kappa shape index (κ1) is 20.1. The zero-order valence-electron chi connectivity index (χ0n) is 14.4. The molecule has 1 aromatic carbocycles. The van der Waals surface area contributed by atoms with Gasteiger partial charge >= 0.3 is 12.0 Å². The Morgan fingerprint density at radius 2 is 1.96 bits per heavy atom. The summed E-state index contributed by atoms with van der Waals surface area (Å²) in [5.41, 5.74) is 6.34. The maximum atomic E-state index is 13.0. The highest BCUT2D eigenvalue weighted by Crippen LogP contribution is 2.24. The molecular weight excluding hydrogens is 379 g/mol. The molecule has 0 aliphatic carbocycles. The highest BCUT2D eigenvalue weighted by molar-refractivity contribution is 6.31. The van der Waals surface area contributed by atoms with Crippen LogP contribution in [0.25, 0.3) is 11.8 Å². The molecule has 1 heterocycles. The lowest BCUT2D eigenvalue weighted by Gasteiger charge is -2.10. The van der Waals surface area contributed by atoms with Crippen molar-refractivity contribution in [3.05, 3.63) is 52.6 Å². The molecule has 27 heavy (non-hydrogen) atoms. The first-order chi connectivity index (χ1) is 12.7. The molecule has 10 heteroatoms. The average molecular weight is 395 g/mol. The lowest BCUT2D eigenvalue weighted by Crippen LogP contribution is -2.42. The van der Waals surface area contributed by atoms with Gasteiger partial charge in [0.25, 0.3) is 5.91 Å². The second-order valence-corrected chi connectivity index (χ2v) is 5.80. The van der Waals surface area contributed by atoms with E-state index in [1.54, 1.807) is 12.2 Å². The van der Waals surface area contributed by atoms with Crippen molar-refractivity contribution in [3.63, 3.8) is 0 Å². The van der Waals surface area contributed by atoms with Crippen LogP contribution in [0.2, 0.25) is 5.15 Å². The van der Waals surface area contributed by atoms with Crippen molar-refractivity contribution < 1.29 is 23.5 Å². The summed E-state index contributed by atoms with van der Waals surface area (Å²) in [4.78, 5) is 33.9. The molecule has 3 N–H and O–H groups in total. The molecule has 1 atom stereocenters. The van der Waals surface area contributed by atoms with Crippen LogP contribution in [0.1, 0.15) is 18.2 Å². The number of amides is 3. The van der Waals surface area contributed by atoms with Crippen molar-refractivity contribution in [2.24, 2.45) is 5.73 Å². The summed E-state index contributed by atoms with van der Waals surface area (Å²) in [5.74, 6) is -2.06. The van der Waals surface area contributed by atoms with Gasteiger partial charge < -0.3 is 10.5 Å². The minimum Gasteiger partial charge on any atom is -0.449 e. The van der Waals surface area contributed by atoms with Crippen molar-refractivity contribution in [1.82, 2.24) is 15.1 Å². The lowest BCUT2D eigenvalue weighted by atomic mass is 10.2. The maximum absolute atomic E-state index is 13.0. The summed E-state index contributed by atoms with van der Waals surface area (Å²) in [6.07, 6.45) is 1.23. The van der Waals surface area contributed by atoms with Gasteiger partial charge in [0, 0.05) is 11.6 Å². The van der Waals surface area contributed by atoms with Gasteiger partial charge in [0.1, 0.15) is 11.0 Å². The summed E-state index contributed by atoms with van der Waals surface area (Å²) in [6.45, 7) is 2.97. The molecule has 8 nitrogen and oxygen atoms in total. The molecule has 0 aliphatic rings. The number of rotatable bonds is 5. The zero-order valence-corrected chi connectivity index (χ0v) is 15.2. The third-order valence-corrected chi connectivity index (χ3v) is 3.78. The smallest absolute Gasteiger partial charge is 0.331 e. The van der Waals surface area contributed by atoms with Crippen molar-refractivity contribution in [2.75, 3.05) is 0 Å². The number of nitrogens with one attached hydrogen (secondary N) is 1. The molecule has 0 unspecified atom stereocenters. The molecule has 0 radical (unpaired) electrons. The molecule has 2 rings (SSSR count). The maximum Gasteiger partial charge on any atom is 0.331 e. The van der Waals surface area contributed by atoms with Crippen LogP contribution in [0.5, 0.6) is 0 Å².